The third-order valence-electron chi connectivity index (χ3n) is 2.80. The summed E-state index contributed by atoms with van der Waals surface area (Å²) in [7, 11) is 0. The Morgan fingerprint density at radius 1 is 1.47 bits per heavy atom. The zero-order chi connectivity index (χ0) is 13.0. The number of anilines is 1. The number of carboxylic acids is 1. The predicted octanol–water partition coefficient (Wildman–Crippen LogP) is 3.37. The Morgan fingerprint density at radius 2 is 2.12 bits per heavy atom. The average Bonchev–Trinajstić information content (AvgIpc) is 2.24. The minimum Gasteiger partial charge on any atom is -0.478 e. The number of aromatic carboxylic acids is 1. The molecule has 0 saturated heterocycles. The summed E-state index contributed by atoms with van der Waals surface area (Å²) in [5, 5.41) is 11.9. The molecule has 0 fully saturated rings. The molecule has 0 saturated carbocycles. The number of rotatable bonds is 5. The smallest absolute Gasteiger partial charge is 0.338 e. The molecule has 0 radical (unpaired) electrons. The van der Waals surface area contributed by atoms with Crippen molar-refractivity contribution in [3.63, 3.8) is 0 Å². The largest absolute Gasteiger partial charge is 0.478 e. The summed E-state index contributed by atoms with van der Waals surface area (Å²) < 4.78 is 13.4. The molecule has 0 amide bonds. The van der Waals surface area contributed by atoms with E-state index >= 15 is 0 Å². The SMILES string of the molecule is CCC(Nc1ccc(C(=O)O)c(F)c1)C(C)C. The van der Waals surface area contributed by atoms with E-state index in [9.17, 15) is 9.18 Å². The summed E-state index contributed by atoms with van der Waals surface area (Å²) in [6.07, 6.45) is 0.931. The molecule has 0 bridgehead atoms. The lowest BCUT2D eigenvalue weighted by atomic mass is 10.0. The molecule has 0 aliphatic rings. The summed E-state index contributed by atoms with van der Waals surface area (Å²) in [6, 6.07) is 4.36. The Labute approximate surface area is 101 Å². The molecular weight excluding hydrogens is 221 g/mol. The molecular formula is C13H18FNO2. The number of hydrogen-bond acceptors (Lipinski definition) is 2. The van der Waals surface area contributed by atoms with Crippen LogP contribution in [-0.2, 0) is 0 Å². The molecule has 1 rings (SSSR count). The predicted molar refractivity (Wildman–Crippen MR) is 65.9 cm³/mol. The van der Waals surface area contributed by atoms with Gasteiger partial charge in [-0.05, 0) is 30.5 Å². The van der Waals surface area contributed by atoms with Crippen LogP contribution in [0.4, 0.5) is 10.1 Å². The van der Waals surface area contributed by atoms with Gasteiger partial charge in [0.25, 0.3) is 0 Å². The molecule has 0 aromatic heterocycles. The Balaban J connectivity index is 2.87. The van der Waals surface area contributed by atoms with E-state index in [1.807, 2.05) is 0 Å². The van der Waals surface area contributed by atoms with E-state index in [2.05, 4.69) is 26.1 Å². The van der Waals surface area contributed by atoms with Gasteiger partial charge in [0.2, 0.25) is 0 Å². The van der Waals surface area contributed by atoms with Gasteiger partial charge in [-0.1, -0.05) is 20.8 Å². The van der Waals surface area contributed by atoms with Gasteiger partial charge in [0.15, 0.2) is 0 Å². The fourth-order valence-electron chi connectivity index (χ4n) is 1.73. The van der Waals surface area contributed by atoms with E-state index in [-0.39, 0.29) is 11.6 Å². The van der Waals surface area contributed by atoms with Crippen LogP contribution in [0.3, 0.4) is 0 Å². The third kappa shape index (κ3) is 3.44. The molecule has 4 heteroatoms. The van der Waals surface area contributed by atoms with Crippen LogP contribution < -0.4 is 5.32 Å². The van der Waals surface area contributed by atoms with Gasteiger partial charge in [0.05, 0.1) is 5.56 Å². The van der Waals surface area contributed by atoms with Gasteiger partial charge in [-0.2, -0.15) is 0 Å². The standard InChI is InChI=1S/C13H18FNO2/c1-4-12(8(2)3)15-9-5-6-10(13(16)17)11(14)7-9/h5-8,12,15H,4H2,1-3H3,(H,16,17). The Hall–Kier alpha value is -1.58. The second kappa shape index (κ2) is 5.66. The summed E-state index contributed by atoms with van der Waals surface area (Å²) in [5.74, 6) is -1.52. The lowest BCUT2D eigenvalue weighted by Crippen LogP contribution is -2.24. The van der Waals surface area contributed by atoms with Gasteiger partial charge >= 0.3 is 5.97 Å². The third-order valence-corrected chi connectivity index (χ3v) is 2.80. The normalized spacial score (nSPS) is 12.5. The van der Waals surface area contributed by atoms with Gasteiger partial charge in [-0.25, -0.2) is 9.18 Å². The number of nitrogens with one attached hydrogen (secondary N) is 1. The molecule has 17 heavy (non-hydrogen) atoms. The summed E-state index contributed by atoms with van der Waals surface area (Å²) in [6.45, 7) is 6.23. The molecule has 3 nitrogen and oxygen atoms in total. The highest BCUT2D eigenvalue weighted by Crippen LogP contribution is 2.18. The summed E-state index contributed by atoms with van der Waals surface area (Å²) in [4.78, 5) is 10.7. The minimum atomic E-state index is -1.25. The highest BCUT2D eigenvalue weighted by atomic mass is 19.1. The average molecular weight is 239 g/mol. The lowest BCUT2D eigenvalue weighted by Gasteiger charge is -2.22. The Morgan fingerprint density at radius 3 is 2.53 bits per heavy atom. The van der Waals surface area contributed by atoms with E-state index in [1.165, 1.54) is 12.1 Å². The van der Waals surface area contributed by atoms with Crippen LogP contribution in [0.5, 0.6) is 0 Å². The van der Waals surface area contributed by atoms with Gasteiger partial charge in [0.1, 0.15) is 5.82 Å². The van der Waals surface area contributed by atoms with Gasteiger partial charge in [-0.15, -0.1) is 0 Å². The van der Waals surface area contributed by atoms with E-state index in [0.717, 1.165) is 6.42 Å². The van der Waals surface area contributed by atoms with Crippen LogP contribution in [0.2, 0.25) is 0 Å². The van der Waals surface area contributed by atoms with E-state index in [0.29, 0.717) is 11.6 Å². The van der Waals surface area contributed by atoms with Crippen LogP contribution in [0.15, 0.2) is 18.2 Å². The molecule has 1 atom stereocenters. The second-order valence-corrected chi connectivity index (χ2v) is 4.40. The van der Waals surface area contributed by atoms with Crippen molar-refractivity contribution in [3.05, 3.63) is 29.6 Å². The fraction of sp³-hybridized carbons (Fsp3) is 0.462. The number of halogens is 1. The highest BCUT2D eigenvalue weighted by molar-refractivity contribution is 5.88. The van der Waals surface area contributed by atoms with Gasteiger partial charge in [0, 0.05) is 11.7 Å². The van der Waals surface area contributed by atoms with Crippen molar-refractivity contribution in [1.29, 1.82) is 0 Å². The topological polar surface area (TPSA) is 49.3 Å². The fourth-order valence-corrected chi connectivity index (χ4v) is 1.73. The summed E-state index contributed by atoms with van der Waals surface area (Å²) >= 11 is 0. The van der Waals surface area contributed by atoms with Gasteiger partial charge < -0.3 is 10.4 Å². The number of carbonyl (C=O) groups is 1. The zero-order valence-electron chi connectivity index (χ0n) is 10.3. The van der Waals surface area contributed by atoms with Crippen LogP contribution in [0, 0.1) is 11.7 Å². The van der Waals surface area contributed by atoms with Crippen LogP contribution in [0.1, 0.15) is 37.6 Å². The number of hydrogen-bond donors (Lipinski definition) is 2. The molecule has 0 spiro atoms. The monoisotopic (exact) mass is 239 g/mol. The van der Waals surface area contributed by atoms with E-state index in [1.54, 1.807) is 6.07 Å². The van der Waals surface area contributed by atoms with E-state index in [4.69, 9.17) is 5.11 Å². The molecule has 0 aliphatic carbocycles. The maximum atomic E-state index is 13.4. The first-order valence-electron chi connectivity index (χ1n) is 5.75. The molecule has 1 aromatic rings. The van der Waals surface area contributed by atoms with Crippen molar-refractivity contribution in [2.24, 2.45) is 5.92 Å². The van der Waals surface area contributed by atoms with Crippen LogP contribution >= 0.6 is 0 Å². The molecule has 0 heterocycles. The summed E-state index contributed by atoms with van der Waals surface area (Å²) in [5.41, 5.74) is 0.321. The van der Waals surface area contributed by atoms with Gasteiger partial charge in [-0.3, -0.25) is 0 Å². The van der Waals surface area contributed by atoms with Crippen LogP contribution in [0.25, 0.3) is 0 Å². The molecule has 1 aromatic carbocycles. The van der Waals surface area contributed by atoms with Crippen molar-refractivity contribution in [2.75, 3.05) is 5.32 Å². The quantitative estimate of drug-likeness (QED) is 0.828. The van der Waals surface area contributed by atoms with E-state index < -0.39 is 11.8 Å². The Bertz CT molecular complexity index is 404. The van der Waals surface area contributed by atoms with Crippen molar-refractivity contribution >= 4 is 11.7 Å². The number of benzene rings is 1. The van der Waals surface area contributed by atoms with Crippen LogP contribution in [-0.4, -0.2) is 17.1 Å². The molecule has 2 N–H and O–H groups in total. The highest BCUT2D eigenvalue weighted by Gasteiger charge is 2.13. The first-order chi connectivity index (χ1) is 7.95. The molecule has 1 unspecified atom stereocenters. The first-order valence-corrected chi connectivity index (χ1v) is 5.75. The van der Waals surface area contributed by atoms with Crippen molar-refractivity contribution < 1.29 is 14.3 Å². The first kappa shape index (κ1) is 13.5. The Kier molecular flexibility index (Phi) is 4.49. The molecule has 0 aliphatic heterocycles. The van der Waals surface area contributed by atoms with Crippen molar-refractivity contribution in [1.82, 2.24) is 0 Å². The van der Waals surface area contributed by atoms with Crippen molar-refractivity contribution in [3.8, 4) is 0 Å². The lowest BCUT2D eigenvalue weighted by molar-refractivity contribution is 0.0692. The van der Waals surface area contributed by atoms with Crippen molar-refractivity contribution in [2.45, 2.75) is 33.2 Å². The maximum Gasteiger partial charge on any atom is 0.338 e. The maximum absolute atomic E-state index is 13.4. The molecule has 94 valence electrons. The second-order valence-electron chi connectivity index (χ2n) is 4.40. The zero-order valence-corrected chi connectivity index (χ0v) is 10.3. The minimum absolute atomic E-state index is 0.255. The number of carboxylic acid groups (broad SMARTS) is 1.